The number of amides is 1. The van der Waals surface area contributed by atoms with Gasteiger partial charge in [0.05, 0.1) is 17.6 Å². The molecule has 0 fully saturated rings. The van der Waals surface area contributed by atoms with Crippen molar-refractivity contribution in [3.63, 3.8) is 0 Å². The van der Waals surface area contributed by atoms with Gasteiger partial charge in [0, 0.05) is 13.1 Å². The molecule has 0 atom stereocenters. The van der Waals surface area contributed by atoms with Crippen LogP contribution in [0.25, 0.3) is 0 Å². The maximum atomic E-state index is 13.5. The smallest absolute Gasteiger partial charge is 0.274 e. The molecule has 2 aromatic rings. The Labute approximate surface area is 137 Å². The molecule has 8 heteroatoms. The Hall–Kier alpha value is -2.61. The van der Waals surface area contributed by atoms with Crippen LogP contribution in [-0.4, -0.2) is 43.0 Å². The predicted octanol–water partition coefficient (Wildman–Crippen LogP) is 2.72. The number of benzene rings is 1. The number of nitrogens with zero attached hydrogens (tertiary/aromatic N) is 2. The van der Waals surface area contributed by atoms with Crippen LogP contribution in [0.2, 0.25) is 0 Å². The summed E-state index contributed by atoms with van der Waals surface area (Å²) in [7, 11) is 3.90. The van der Waals surface area contributed by atoms with E-state index in [1.807, 2.05) is 19.0 Å². The predicted molar refractivity (Wildman–Crippen MR) is 85.5 cm³/mol. The van der Waals surface area contributed by atoms with Gasteiger partial charge in [-0.2, -0.15) is 0 Å². The van der Waals surface area contributed by atoms with E-state index in [-0.39, 0.29) is 5.69 Å². The zero-order valence-electron chi connectivity index (χ0n) is 13.2. The largest absolute Gasteiger partial charge is 0.383 e. The summed E-state index contributed by atoms with van der Waals surface area (Å²) >= 11 is 0. The Bertz CT molecular complexity index is 720. The Morgan fingerprint density at radius 2 is 1.88 bits per heavy atom. The topological polar surface area (TPSA) is 57.3 Å². The molecule has 1 amide bonds. The maximum absolute atomic E-state index is 13.5. The first-order valence-electron chi connectivity index (χ1n) is 7.18. The zero-order valence-corrected chi connectivity index (χ0v) is 13.2. The van der Waals surface area contributed by atoms with Crippen molar-refractivity contribution < 1.29 is 18.0 Å². The van der Waals surface area contributed by atoms with E-state index in [0.29, 0.717) is 6.54 Å². The fraction of sp³-hybridized carbons (Fsp3) is 0.250. The van der Waals surface area contributed by atoms with Gasteiger partial charge in [0.25, 0.3) is 5.91 Å². The van der Waals surface area contributed by atoms with Crippen LogP contribution in [-0.2, 0) is 0 Å². The van der Waals surface area contributed by atoms with Gasteiger partial charge in [-0.25, -0.2) is 18.2 Å². The molecular formula is C16H17F3N4O. The molecule has 0 saturated heterocycles. The van der Waals surface area contributed by atoms with E-state index < -0.39 is 29.0 Å². The van der Waals surface area contributed by atoms with E-state index in [1.165, 1.54) is 12.3 Å². The molecule has 1 aromatic carbocycles. The number of rotatable bonds is 6. The number of pyridine rings is 1. The molecule has 0 aliphatic rings. The van der Waals surface area contributed by atoms with Crippen LogP contribution < -0.4 is 10.6 Å². The van der Waals surface area contributed by atoms with E-state index in [2.05, 4.69) is 15.6 Å². The molecular weight excluding hydrogens is 321 g/mol. The molecule has 0 saturated carbocycles. The Kier molecular flexibility index (Phi) is 5.75. The van der Waals surface area contributed by atoms with E-state index in [1.54, 1.807) is 6.07 Å². The number of hydrogen-bond acceptors (Lipinski definition) is 4. The number of hydrogen-bond donors (Lipinski definition) is 2. The standard InChI is InChI=1S/C16H17F3N4O/c1-23(2)8-7-20-10-3-5-13(21-9-10)16(24)22-12-6-4-11(17)14(18)15(12)19/h3-6,9,20H,7-8H2,1-2H3,(H,22,24). The van der Waals surface area contributed by atoms with Crippen molar-refractivity contribution in [3.8, 4) is 0 Å². The molecule has 0 aliphatic heterocycles. The van der Waals surface area contributed by atoms with Gasteiger partial charge in [-0.1, -0.05) is 0 Å². The number of likely N-dealkylation sites (N-methyl/N-ethyl adjacent to an activating group) is 1. The molecule has 0 spiro atoms. The van der Waals surface area contributed by atoms with Gasteiger partial charge in [0.1, 0.15) is 5.69 Å². The average Bonchev–Trinajstić information content (AvgIpc) is 2.55. The summed E-state index contributed by atoms with van der Waals surface area (Å²) in [5.41, 5.74) is 0.304. The molecule has 2 rings (SSSR count). The Morgan fingerprint density at radius 3 is 2.50 bits per heavy atom. The van der Waals surface area contributed by atoms with Gasteiger partial charge in [0.2, 0.25) is 0 Å². The summed E-state index contributed by atoms with van der Waals surface area (Å²) in [6.07, 6.45) is 1.46. The summed E-state index contributed by atoms with van der Waals surface area (Å²) in [6, 6.07) is 4.78. The number of aromatic nitrogens is 1. The highest BCUT2D eigenvalue weighted by Gasteiger charge is 2.16. The number of carbonyl (C=O) groups excluding carboxylic acids is 1. The normalized spacial score (nSPS) is 10.8. The van der Waals surface area contributed by atoms with Gasteiger partial charge in [0.15, 0.2) is 17.5 Å². The third-order valence-electron chi connectivity index (χ3n) is 3.17. The minimum Gasteiger partial charge on any atom is -0.383 e. The van der Waals surface area contributed by atoms with E-state index in [0.717, 1.165) is 24.4 Å². The Balaban J connectivity index is 2.01. The molecule has 0 radical (unpaired) electrons. The highest BCUT2D eigenvalue weighted by atomic mass is 19.2. The molecule has 128 valence electrons. The summed E-state index contributed by atoms with van der Waals surface area (Å²) in [6.45, 7) is 1.54. The number of nitrogens with one attached hydrogen (secondary N) is 2. The van der Waals surface area contributed by atoms with E-state index >= 15 is 0 Å². The number of halogens is 3. The number of anilines is 2. The Morgan fingerprint density at radius 1 is 1.12 bits per heavy atom. The van der Waals surface area contributed by atoms with Crippen LogP contribution in [0.1, 0.15) is 10.5 Å². The highest BCUT2D eigenvalue weighted by Crippen LogP contribution is 2.20. The van der Waals surface area contributed by atoms with Crippen LogP contribution in [0, 0.1) is 17.5 Å². The van der Waals surface area contributed by atoms with Gasteiger partial charge in [-0.3, -0.25) is 4.79 Å². The molecule has 24 heavy (non-hydrogen) atoms. The summed E-state index contributed by atoms with van der Waals surface area (Å²) in [5, 5.41) is 5.29. The third kappa shape index (κ3) is 4.45. The molecule has 1 aromatic heterocycles. The van der Waals surface area contributed by atoms with Gasteiger partial charge in [-0.05, 0) is 38.4 Å². The van der Waals surface area contributed by atoms with Gasteiger partial charge in [-0.15, -0.1) is 0 Å². The highest BCUT2D eigenvalue weighted by molar-refractivity contribution is 6.03. The van der Waals surface area contributed by atoms with Crippen molar-refractivity contribution in [3.05, 3.63) is 53.6 Å². The SMILES string of the molecule is CN(C)CCNc1ccc(C(=O)Nc2ccc(F)c(F)c2F)nc1. The second kappa shape index (κ2) is 7.78. The fourth-order valence-electron chi connectivity index (χ4n) is 1.87. The average molecular weight is 338 g/mol. The van der Waals surface area contributed by atoms with Crippen LogP contribution in [0.5, 0.6) is 0 Å². The molecule has 0 unspecified atom stereocenters. The zero-order chi connectivity index (χ0) is 17.7. The minimum absolute atomic E-state index is 0.0253. The summed E-state index contributed by atoms with van der Waals surface area (Å²) in [5.74, 6) is -5.14. The molecule has 0 aliphatic carbocycles. The molecule has 5 nitrogen and oxygen atoms in total. The third-order valence-corrected chi connectivity index (χ3v) is 3.17. The first-order valence-corrected chi connectivity index (χ1v) is 7.18. The lowest BCUT2D eigenvalue weighted by Crippen LogP contribution is -2.21. The van der Waals surface area contributed by atoms with Crippen molar-refractivity contribution in [1.29, 1.82) is 0 Å². The van der Waals surface area contributed by atoms with Crippen LogP contribution in [0.4, 0.5) is 24.5 Å². The van der Waals surface area contributed by atoms with Crippen LogP contribution in [0.3, 0.4) is 0 Å². The molecule has 0 bridgehead atoms. The first-order chi connectivity index (χ1) is 11.4. The fourth-order valence-corrected chi connectivity index (χ4v) is 1.87. The van der Waals surface area contributed by atoms with Crippen molar-refractivity contribution in [2.24, 2.45) is 0 Å². The number of carbonyl (C=O) groups is 1. The maximum Gasteiger partial charge on any atom is 0.274 e. The second-order valence-corrected chi connectivity index (χ2v) is 5.34. The quantitative estimate of drug-likeness (QED) is 0.795. The lowest BCUT2D eigenvalue weighted by molar-refractivity contribution is 0.102. The second-order valence-electron chi connectivity index (χ2n) is 5.34. The van der Waals surface area contributed by atoms with Crippen molar-refractivity contribution in [1.82, 2.24) is 9.88 Å². The van der Waals surface area contributed by atoms with Crippen molar-refractivity contribution in [2.75, 3.05) is 37.8 Å². The van der Waals surface area contributed by atoms with Gasteiger partial charge < -0.3 is 15.5 Å². The van der Waals surface area contributed by atoms with E-state index in [4.69, 9.17) is 0 Å². The van der Waals surface area contributed by atoms with E-state index in [9.17, 15) is 18.0 Å². The lowest BCUT2D eigenvalue weighted by Gasteiger charge is -2.11. The first kappa shape index (κ1) is 17.7. The monoisotopic (exact) mass is 338 g/mol. The summed E-state index contributed by atoms with van der Waals surface area (Å²) < 4.78 is 39.6. The molecule has 2 N–H and O–H groups in total. The minimum atomic E-state index is -1.64. The van der Waals surface area contributed by atoms with Crippen molar-refractivity contribution >= 4 is 17.3 Å². The lowest BCUT2D eigenvalue weighted by atomic mass is 10.2. The molecule has 1 heterocycles. The van der Waals surface area contributed by atoms with Crippen LogP contribution >= 0.6 is 0 Å². The summed E-state index contributed by atoms with van der Waals surface area (Å²) in [4.78, 5) is 18.0. The van der Waals surface area contributed by atoms with Gasteiger partial charge >= 0.3 is 0 Å². The van der Waals surface area contributed by atoms with Crippen LogP contribution in [0.15, 0.2) is 30.5 Å². The van der Waals surface area contributed by atoms with Crippen molar-refractivity contribution in [2.45, 2.75) is 0 Å².